The molecule has 0 aliphatic heterocycles. The van der Waals surface area contributed by atoms with E-state index in [9.17, 15) is 44.6 Å². The first-order valence-electron chi connectivity index (χ1n) is 28.1. The number of aliphatic hydroxyl groups is 5. The minimum absolute atomic E-state index is 0.0951. The van der Waals surface area contributed by atoms with Crippen molar-refractivity contribution in [3.05, 3.63) is 24.3 Å². The van der Waals surface area contributed by atoms with Crippen molar-refractivity contribution in [3.63, 3.8) is 0 Å². The molecule has 1 aliphatic carbocycles. The van der Waals surface area contributed by atoms with Gasteiger partial charge in [-0.1, -0.05) is 224 Å². The Hall–Kier alpha value is -1.67. The molecule has 0 amide bonds. The SMILES string of the molecule is CCCCC/C=C\C/C=C\CCCCCCCCCCCC(=O)OC(COC(=O)CCCCCCCCCCCCCCCCCCCCCCC)COP(=O)(O)OC1C(O)C(O)C(O)C(O)C1O. The molecular weight excluding hydrogens is 900 g/mol. The number of hydrogen-bond acceptors (Lipinski definition) is 12. The molecule has 13 nitrogen and oxygen atoms in total. The molecule has 0 spiro atoms. The van der Waals surface area contributed by atoms with Crippen molar-refractivity contribution in [2.24, 2.45) is 0 Å². The molecule has 6 atom stereocenters. The summed E-state index contributed by atoms with van der Waals surface area (Å²) in [6.07, 6.45) is 39.3. The van der Waals surface area contributed by atoms with E-state index in [0.717, 1.165) is 57.8 Å². The lowest BCUT2D eigenvalue weighted by atomic mass is 9.85. The molecule has 0 aromatic carbocycles. The Morgan fingerprint density at radius 1 is 0.449 bits per heavy atom. The second-order valence-corrected chi connectivity index (χ2v) is 21.2. The summed E-state index contributed by atoms with van der Waals surface area (Å²) in [5, 5.41) is 50.4. The van der Waals surface area contributed by atoms with Crippen LogP contribution in [0.1, 0.15) is 258 Å². The lowest BCUT2D eigenvalue weighted by molar-refractivity contribution is -0.220. The number of ether oxygens (including phenoxy) is 2. The van der Waals surface area contributed by atoms with E-state index in [1.807, 2.05) is 0 Å². The van der Waals surface area contributed by atoms with Crippen molar-refractivity contribution in [2.45, 2.75) is 301 Å². The fourth-order valence-electron chi connectivity index (χ4n) is 8.79. The van der Waals surface area contributed by atoms with Crippen molar-refractivity contribution in [1.29, 1.82) is 0 Å². The molecule has 1 saturated carbocycles. The first-order valence-corrected chi connectivity index (χ1v) is 29.6. The number of aliphatic hydroxyl groups excluding tert-OH is 5. The minimum Gasteiger partial charge on any atom is -0.462 e. The normalized spacial score (nSPS) is 21.0. The largest absolute Gasteiger partial charge is 0.472 e. The predicted octanol–water partition coefficient (Wildman–Crippen LogP) is 12.7. The molecule has 6 unspecified atom stereocenters. The lowest BCUT2D eigenvalue weighted by Crippen LogP contribution is -2.64. The number of rotatable bonds is 48. The number of phosphoric acid groups is 1. The molecule has 1 rings (SSSR count). The van der Waals surface area contributed by atoms with Crippen LogP contribution in [0.3, 0.4) is 0 Å². The van der Waals surface area contributed by atoms with Gasteiger partial charge in [-0.05, 0) is 44.9 Å². The van der Waals surface area contributed by atoms with E-state index in [-0.39, 0.29) is 12.8 Å². The van der Waals surface area contributed by atoms with Crippen molar-refractivity contribution in [1.82, 2.24) is 0 Å². The highest BCUT2D eigenvalue weighted by atomic mass is 31.2. The van der Waals surface area contributed by atoms with Gasteiger partial charge in [0.2, 0.25) is 0 Å². The van der Waals surface area contributed by atoms with Crippen LogP contribution in [0.15, 0.2) is 24.3 Å². The van der Waals surface area contributed by atoms with E-state index >= 15 is 0 Å². The maximum Gasteiger partial charge on any atom is 0.472 e. The van der Waals surface area contributed by atoms with Gasteiger partial charge in [0, 0.05) is 12.8 Å². The summed E-state index contributed by atoms with van der Waals surface area (Å²) >= 11 is 0. The van der Waals surface area contributed by atoms with Gasteiger partial charge in [0.1, 0.15) is 43.2 Å². The van der Waals surface area contributed by atoms with E-state index in [1.54, 1.807) is 0 Å². The van der Waals surface area contributed by atoms with E-state index < -0.39 is 75.7 Å². The van der Waals surface area contributed by atoms with Crippen LogP contribution in [0.2, 0.25) is 0 Å². The zero-order valence-corrected chi connectivity index (χ0v) is 44.5. The number of carbonyl (C=O) groups is 2. The van der Waals surface area contributed by atoms with Gasteiger partial charge in [-0.25, -0.2) is 4.57 Å². The molecule has 0 bridgehead atoms. The van der Waals surface area contributed by atoms with Gasteiger partial charge in [-0.3, -0.25) is 18.6 Å². The van der Waals surface area contributed by atoms with Crippen LogP contribution < -0.4 is 0 Å². The molecule has 69 heavy (non-hydrogen) atoms. The molecule has 406 valence electrons. The number of unbranched alkanes of at least 4 members (excludes halogenated alkanes) is 32. The highest BCUT2D eigenvalue weighted by Gasteiger charge is 2.51. The van der Waals surface area contributed by atoms with Crippen molar-refractivity contribution < 1.29 is 63.1 Å². The third-order valence-corrected chi connectivity index (χ3v) is 14.3. The van der Waals surface area contributed by atoms with Crippen molar-refractivity contribution >= 4 is 19.8 Å². The second-order valence-electron chi connectivity index (χ2n) is 19.8. The van der Waals surface area contributed by atoms with Crippen LogP contribution >= 0.6 is 7.82 Å². The maximum absolute atomic E-state index is 12.9. The average Bonchev–Trinajstić information content (AvgIpc) is 3.33. The van der Waals surface area contributed by atoms with Gasteiger partial charge in [0.25, 0.3) is 0 Å². The van der Waals surface area contributed by atoms with E-state index in [0.29, 0.717) is 12.8 Å². The molecule has 1 fully saturated rings. The summed E-state index contributed by atoms with van der Waals surface area (Å²) in [6, 6.07) is 0. The first kappa shape index (κ1) is 65.3. The summed E-state index contributed by atoms with van der Waals surface area (Å²) in [5.74, 6) is -1.09. The Morgan fingerprint density at radius 2 is 0.783 bits per heavy atom. The van der Waals surface area contributed by atoms with Gasteiger partial charge in [0.05, 0.1) is 6.61 Å². The highest BCUT2D eigenvalue weighted by Crippen LogP contribution is 2.47. The van der Waals surface area contributed by atoms with Gasteiger partial charge in [-0.2, -0.15) is 0 Å². The summed E-state index contributed by atoms with van der Waals surface area (Å²) in [7, 11) is -5.12. The van der Waals surface area contributed by atoms with Crippen LogP contribution in [-0.4, -0.2) is 98.3 Å². The molecular formula is C55H103O13P. The van der Waals surface area contributed by atoms with Crippen molar-refractivity contribution in [2.75, 3.05) is 13.2 Å². The van der Waals surface area contributed by atoms with Gasteiger partial charge >= 0.3 is 19.8 Å². The van der Waals surface area contributed by atoms with Crippen molar-refractivity contribution in [3.8, 4) is 0 Å². The topological polar surface area (TPSA) is 210 Å². The molecule has 0 saturated heterocycles. The molecule has 14 heteroatoms. The summed E-state index contributed by atoms with van der Waals surface area (Å²) in [4.78, 5) is 35.9. The van der Waals surface area contributed by atoms with Crippen LogP contribution in [0.25, 0.3) is 0 Å². The van der Waals surface area contributed by atoms with E-state index in [4.69, 9.17) is 18.5 Å². The Morgan fingerprint density at radius 3 is 1.20 bits per heavy atom. The molecule has 6 N–H and O–H groups in total. The fourth-order valence-corrected chi connectivity index (χ4v) is 9.76. The van der Waals surface area contributed by atoms with Gasteiger partial charge in [-0.15, -0.1) is 0 Å². The maximum atomic E-state index is 12.9. The molecule has 0 aromatic rings. The second kappa shape index (κ2) is 45.0. The summed E-state index contributed by atoms with van der Waals surface area (Å²) < 4.78 is 33.7. The number of phosphoric ester groups is 1. The third kappa shape index (κ3) is 36.8. The van der Waals surface area contributed by atoms with Gasteiger partial charge < -0.3 is 39.9 Å². The molecule has 0 radical (unpaired) electrons. The van der Waals surface area contributed by atoms with E-state index in [2.05, 4.69) is 38.2 Å². The Kier molecular flexibility index (Phi) is 42.6. The van der Waals surface area contributed by atoms with Gasteiger partial charge in [0.15, 0.2) is 6.10 Å². The summed E-state index contributed by atoms with van der Waals surface area (Å²) in [5.41, 5.74) is 0. The first-order chi connectivity index (χ1) is 33.4. The fraction of sp³-hybridized carbons (Fsp3) is 0.891. The smallest absolute Gasteiger partial charge is 0.462 e. The van der Waals surface area contributed by atoms with Crippen LogP contribution in [0.5, 0.6) is 0 Å². The minimum atomic E-state index is -5.12. The lowest BCUT2D eigenvalue weighted by Gasteiger charge is -2.41. The Balaban J connectivity index is 2.34. The van der Waals surface area contributed by atoms with Crippen LogP contribution in [0.4, 0.5) is 0 Å². The standard InChI is InChI=1S/C55H103O13P/c1-3-5-7-9-11-13-15-17-19-21-23-24-26-27-29-31-33-35-37-39-41-43-48(56)65-45-47(46-66-69(63,64)68-55-53(61)51(59)50(58)52(60)54(55)62)67-49(57)44-42-40-38-36-34-32-30-28-25-22-20-18-16-14-12-10-8-6-4-2/h12,14,18,20,47,50-55,58-62H,3-11,13,15-17,19,21-46H2,1-2H3,(H,63,64)/b14-12-,20-18-. The number of carbonyl (C=O) groups excluding carboxylic acids is 2. The number of esters is 2. The molecule has 1 aliphatic rings. The number of allylic oxidation sites excluding steroid dienone is 4. The highest BCUT2D eigenvalue weighted by molar-refractivity contribution is 7.47. The zero-order chi connectivity index (χ0) is 50.6. The van der Waals surface area contributed by atoms with Crippen LogP contribution in [-0.2, 0) is 32.7 Å². The molecule has 0 aromatic heterocycles. The van der Waals surface area contributed by atoms with Crippen LogP contribution in [0, 0.1) is 0 Å². The quantitative estimate of drug-likeness (QED) is 0.0145. The monoisotopic (exact) mass is 1000 g/mol. The average molecular weight is 1000 g/mol. The Labute approximate surface area is 419 Å². The zero-order valence-electron chi connectivity index (χ0n) is 43.6. The van der Waals surface area contributed by atoms with E-state index in [1.165, 1.54) is 161 Å². The molecule has 0 heterocycles. The summed E-state index contributed by atoms with van der Waals surface area (Å²) in [6.45, 7) is 3.33. The predicted molar refractivity (Wildman–Crippen MR) is 277 cm³/mol. The Bertz CT molecular complexity index is 1300. The number of hydrogen-bond donors (Lipinski definition) is 6. The third-order valence-electron chi connectivity index (χ3n) is 13.3.